The van der Waals surface area contributed by atoms with Crippen LogP contribution >= 0.6 is 11.6 Å². The third-order valence-corrected chi connectivity index (χ3v) is 1.92. The number of allylic oxidation sites excluding steroid dienone is 1. The summed E-state index contributed by atoms with van der Waals surface area (Å²) in [4.78, 5) is 10.3. The summed E-state index contributed by atoms with van der Waals surface area (Å²) < 4.78 is 5.40. The van der Waals surface area contributed by atoms with Gasteiger partial charge in [-0.25, -0.2) is 0 Å². The van der Waals surface area contributed by atoms with Gasteiger partial charge in [-0.05, 0) is 29.7 Å². The molecule has 0 heterocycles. The molecule has 0 aromatic heterocycles. The lowest BCUT2D eigenvalue weighted by Gasteiger charge is -2.01. The van der Waals surface area contributed by atoms with E-state index in [-0.39, 0.29) is 0 Å². The predicted molar refractivity (Wildman–Crippen MR) is 60.7 cm³/mol. The third-order valence-electron chi connectivity index (χ3n) is 1.79. The van der Waals surface area contributed by atoms with E-state index in [1.807, 2.05) is 30.3 Å². The molecule has 3 heteroatoms. The highest BCUT2D eigenvalue weighted by Crippen LogP contribution is 2.00. The smallest absolute Gasteiger partial charge is 0.244 e. The van der Waals surface area contributed by atoms with Gasteiger partial charge in [-0.3, -0.25) is 4.79 Å². The molecule has 2 nitrogen and oxygen atoms in total. The Morgan fingerprint density at radius 3 is 2.73 bits per heavy atom. The normalized spacial score (nSPS) is 10.7. The van der Waals surface area contributed by atoms with Gasteiger partial charge in [-0.2, -0.15) is 0 Å². The number of hydrogen-bond acceptors (Lipinski definition) is 2. The molecule has 15 heavy (non-hydrogen) atoms. The Kier molecular flexibility index (Phi) is 5.74. The van der Waals surface area contributed by atoms with Gasteiger partial charge in [0, 0.05) is 0 Å². The van der Waals surface area contributed by atoms with E-state index >= 15 is 0 Å². The molecule has 1 aromatic rings. The van der Waals surface area contributed by atoms with Crippen molar-refractivity contribution in [2.24, 2.45) is 0 Å². The molecule has 0 fully saturated rings. The van der Waals surface area contributed by atoms with Crippen LogP contribution in [0.15, 0.2) is 42.5 Å². The molecule has 0 amide bonds. The van der Waals surface area contributed by atoms with Crippen LogP contribution in [0.25, 0.3) is 0 Å². The van der Waals surface area contributed by atoms with Crippen LogP contribution in [0, 0.1) is 0 Å². The number of carbonyl (C=O) groups excluding carboxylic acids is 1. The maximum atomic E-state index is 10.3. The van der Waals surface area contributed by atoms with Gasteiger partial charge in [0.25, 0.3) is 0 Å². The van der Waals surface area contributed by atoms with Crippen LogP contribution in [-0.2, 0) is 16.1 Å². The molecular weight excluding hydrogens is 212 g/mol. The highest BCUT2D eigenvalue weighted by atomic mass is 35.5. The average molecular weight is 225 g/mol. The van der Waals surface area contributed by atoms with Gasteiger partial charge in [0.15, 0.2) is 0 Å². The second-order valence-corrected chi connectivity index (χ2v) is 3.41. The van der Waals surface area contributed by atoms with Crippen molar-refractivity contribution >= 4 is 16.8 Å². The van der Waals surface area contributed by atoms with Gasteiger partial charge in [-0.1, -0.05) is 36.4 Å². The van der Waals surface area contributed by atoms with Crippen LogP contribution in [0.2, 0.25) is 0 Å². The van der Waals surface area contributed by atoms with Crippen LogP contribution in [0.4, 0.5) is 0 Å². The lowest BCUT2D eigenvalue weighted by atomic mass is 10.2. The average Bonchev–Trinajstić information content (AvgIpc) is 2.24. The van der Waals surface area contributed by atoms with Crippen LogP contribution < -0.4 is 0 Å². The summed E-state index contributed by atoms with van der Waals surface area (Å²) in [6.07, 6.45) is 3.75. The molecule has 0 saturated heterocycles. The summed E-state index contributed by atoms with van der Waals surface area (Å²) in [7, 11) is 0. The van der Waals surface area contributed by atoms with Crippen LogP contribution in [0.3, 0.4) is 0 Å². The zero-order valence-corrected chi connectivity index (χ0v) is 9.11. The molecule has 1 aromatic carbocycles. The van der Waals surface area contributed by atoms with Crippen molar-refractivity contribution in [1.82, 2.24) is 0 Å². The van der Waals surface area contributed by atoms with Gasteiger partial charge < -0.3 is 4.74 Å². The Bertz CT molecular complexity index is 320. The van der Waals surface area contributed by atoms with Crippen LogP contribution in [0.1, 0.15) is 12.0 Å². The minimum atomic E-state index is -0.446. The fourth-order valence-corrected chi connectivity index (χ4v) is 1.18. The van der Waals surface area contributed by atoms with Gasteiger partial charge >= 0.3 is 0 Å². The molecule has 0 radical (unpaired) electrons. The summed E-state index contributed by atoms with van der Waals surface area (Å²) >= 11 is 5.12. The van der Waals surface area contributed by atoms with Crippen molar-refractivity contribution in [3.05, 3.63) is 48.0 Å². The first kappa shape index (κ1) is 12.0. The van der Waals surface area contributed by atoms with E-state index in [1.165, 1.54) is 6.08 Å². The zero-order chi connectivity index (χ0) is 10.9. The molecular formula is C12H13ClO2. The van der Waals surface area contributed by atoms with E-state index in [9.17, 15) is 4.79 Å². The van der Waals surface area contributed by atoms with Crippen molar-refractivity contribution in [2.45, 2.75) is 13.0 Å². The van der Waals surface area contributed by atoms with E-state index < -0.39 is 5.24 Å². The molecule has 0 aliphatic rings. The Labute approximate surface area is 94.5 Å². The molecule has 80 valence electrons. The fourth-order valence-electron chi connectivity index (χ4n) is 1.09. The molecule has 0 aliphatic heterocycles. The van der Waals surface area contributed by atoms with Crippen molar-refractivity contribution in [3.63, 3.8) is 0 Å². The first-order chi connectivity index (χ1) is 7.29. The van der Waals surface area contributed by atoms with Gasteiger partial charge in [-0.15, -0.1) is 0 Å². The van der Waals surface area contributed by atoms with E-state index in [0.29, 0.717) is 19.6 Å². The highest BCUT2D eigenvalue weighted by molar-refractivity contribution is 6.66. The maximum absolute atomic E-state index is 10.3. The number of carbonyl (C=O) groups is 1. The summed E-state index contributed by atoms with van der Waals surface area (Å²) in [6.45, 7) is 1.19. The number of benzene rings is 1. The number of ether oxygens (including phenoxy) is 1. The second-order valence-electron chi connectivity index (χ2n) is 3.03. The lowest BCUT2D eigenvalue weighted by molar-refractivity contribution is -0.107. The van der Waals surface area contributed by atoms with Crippen molar-refractivity contribution < 1.29 is 9.53 Å². The van der Waals surface area contributed by atoms with Gasteiger partial charge in [0.05, 0.1) is 13.2 Å². The van der Waals surface area contributed by atoms with Crippen molar-refractivity contribution in [1.29, 1.82) is 0 Å². The maximum Gasteiger partial charge on any atom is 0.244 e. The minimum Gasteiger partial charge on any atom is -0.376 e. The summed E-state index contributed by atoms with van der Waals surface area (Å²) in [5.74, 6) is 0. The van der Waals surface area contributed by atoms with E-state index in [0.717, 1.165) is 5.56 Å². The summed E-state index contributed by atoms with van der Waals surface area (Å²) in [6, 6.07) is 9.95. The highest BCUT2D eigenvalue weighted by Gasteiger charge is 1.90. The minimum absolute atomic E-state index is 0.446. The van der Waals surface area contributed by atoms with Crippen LogP contribution in [-0.4, -0.2) is 11.8 Å². The second kappa shape index (κ2) is 7.21. The Balaban J connectivity index is 2.10. The standard InChI is InChI=1S/C12H13ClO2/c13-12(14)8-4-5-9-15-10-11-6-2-1-3-7-11/h1-4,6-8H,5,9-10H2/b8-4+. The molecule has 0 unspecified atom stereocenters. The van der Waals surface area contributed by atoms with E-state index in [1.54, 1.807) is 6.08 Å². The van der Waals surface area contributed by atoms with Gasteiger partial charge in [0.1, 0.15) is 0 Å². The molecule has 1 rings (SSSR count). The Hall–Kier alpha value is -1.12. The third kappa shape index (κ3) is 6.05. The van der Waals surface area contributed by atoms with E-state index in [4.69, 9.17) is 16.3 Å². The molecule has 0 atom stereocenters. The molecule has 0 saturated carbocycles. The fraction of sp³-hybridized carbons (Fsp3) is 0.250. The Morgan fingerprint density at radius 2 is 2.07 bits per heavy atom. The first-order valence-electron chi connectivity index (χ1n) is 4.76. The van der Waals surface area contributed by atoms with Crippen molar-refractivity contribution in [3.8, 4) is 0 Å². The predicted octanol–water partition coefficient (Wildman–Crippen LogP) is 2.91. The summed E-state index contributed by atoms with van der Waals surface area (Å²) in [5.41, 5.74) is 1.15. The largest absolute Gasteiger partial charge is 0.376 e. The topological polar surface area (TPSA) is 26.3 Å². The lowest BCUT2D eigenvalue weighted by Crippen LogP contribution is -1.94. The van der Waals surface area contributed by atoms with Gasteiger partial charge in [0.2, 0.25) is 5.24 Å². The number of halogens is 1. The first-order valence-corrected chi connectivity index (χ1v) is 5.14. The van der Waals surface area contributed by atoms with Crippen molar-refractivity contribution in [2.75, 3.05) is 6.61 Å². The van der Waals surface area contributed by atoms with Crippen LogP contribution in [0.5, 0.6) is 0 Å². The summed E-state index contributed by atoms with van der Waals surface area (Å²) in [5, 5.41) is -0.446. The van der Waals surface area contributed by atoms with E-state index in [2.05, 4.69) is 0 Å². The SMILES string of the molecule is O=C(Cl)/C=C/CCOCc1ccccc1. The zero-order valence-electron chi connectivity index (χ0n) is 8.36. The molecule has 0 spiro atoms. The quantitative estimate of drug-likeness (QED) is 0.422. The molecule has 0 N–H and O–H groups in total. The monoisotopic (exact) mass is 224 g/mol. The molecule has 0 aliphatic carbocycles. The Morgan fingerprint density at radius 1 is 1.33 bits per heavy atom. The number of hydrogen-bond donors (Lipinski definition) is 0. The molecule has 0 bridgehead atoms. The number of rotatable bonds is 6.